The summed E-state index contributed by atoms with van der Waals surface area (Å²) in [5.74, 6) is -1.16. The molecule has 0 aromatic carbocycles. The van der Waals surface area contributed by atoms with Gasteiger partial charge in [-0.25, -0.2) is 0 Å². The van der Waals surface area contributed by atoms with Gasteiger partial charge in [-0.3, -0.25) is 14.3 Å². The first kappa shape index (κ1) is 17.2. The first-order valence-corrected chi connectivity index (χ1v) is 6.75. The Morgan fingerprint density at radius 3 is 2.57 bits per heavy atom. The van der Waals surface area contributed by atoms with E-state index < -0.39 is 17.4 Å². The number of carboxylic acids is 1. The number of carbonyl (C=O) groups excluding carboxylic acids is 1. The number of hydrogen-bond acceptors (Lipinski definition) is 4. The van der Waals surface area contributed by atoms with Crippen molar-refractivity contribution >= 4 is 11.9 Å². The maximum Gasteiger partial charge on any atom is 0.305 e. The van der Waals surface area contributed by atoms with E-state index in [-0.39, 0.29) is 24.6 Å². The van der Waals surface area contributed by atoms with Gasteiger partial charge in [-0.15, -0.1) is 0 Å². The quantitative estimate of drug-likeness (QED) is 0.787. The molecule has 0 aliphatic rings. The van der Waals surface area contributed by atoms with Crippen molar-refractivity contribution in [1.29, 1.82) is 0 Å². The minimum Gasteiger partial charge on any atom is -0.481 e. The summed E-state index contributed by atoms with van der Waals surface area (Å²) in [5, 5.41) is 15.8. The molecular formula is C14H23N3O4. The molecule has 1 amide bonds. The van der Waals surface area contributed by atoms with Crippen LogP contribution < -0.4 is 5.32 Å². The topological polar surface area (TPSA) is 93.5 Å². The van der Waals surface area contributed by atoms with Gasteiger partial charge < -0.3 is 15.2 Å². The lowest BCUT2D eigenvalue weighted by molar-refractivity contribution is -0.139. The van der Waals surface area contributed by atoms with Crippen molar-refractivity contribution < 1.29 is 19.4 Å². The molecule has 118 valence electrons. The largest absolute Gasteiger partial charge is 0.481 e. The first-order chi connectivity index (χ1) is 9.68. The normalized spacial score (nSPS) is 14.0. The smallest absolute Gasteiger partial charge is 0.305 e. The van der Waals surface area contributed by atoms with E-state index in [1.54, 1.807) is 24.7 Å². The zero-order valence-corrected chi connectivity index (χ0v) is 13.1. The van der Waals surface area contributed by atoms with Crippen LogP contribution in [-0.4, -0.2) is 46.0 Å². The van der Waals surface area contributed by atoms with Crippen molar-refractivity contribution in [3.05, 3.63) is 17.5 Å². The summed E-state index contributed by atoms with van der Waals surface area (Å²) in [6.45, 7) is 5.76. The predicted molar refractivity (Wildman–Crippen MR) is 77.3 cm³/mol. The van der Waals surface area contributed by atoms with Gasteiger partial charge in [-0.1, -0.05) is 13.8 Å². The molecule has 2 N–H and O–H groups in total. The number of nitrogens with zero attached hydrogens (tertiary/aromatic N) is 2. The maximum absolute atomic E-state index is 12.3. The van der Waals surface area contributed by atoms with Gasteiger partial charge >= 0.3 is 5.97 Å². The predicted octanol–water partition coefficient (Wildman–Crippen LogP) is 1.15. The van der Waals surface area contributed by atoms with Crippen molar-refractivity contribution in [3.63, 3.8) is 0 Å². The van der Waals surface area contributed by atoms with Crippen molar-refractivity contribution in [2.75, 3.05) is 13.7 Å². The Bertz CT molecular complexity index is 524. The van der Waals surface area contributed by atoms with Crippen LogP contribution in [0, 0.1) is 0 Å². The van der Waals surface area contributed by atoms with Crippen LogP contribution >= 0.6 is 0 Å². The van der Waals surface area contributed by atoms with E-state index in [2.05, 4.69) is 10.4 Å². The summed E-state index contributed by atoms with van der Waals surface area (Å²) in [5.41, 5.74) is 0.230. The lowest BCUT2D eigenvalue weighted by atomic mass is 9.98. The number of nitrogens with one attached hydrogen (secondary N) is 1. The maximum atomic E-state index is 12.3. The van der Waals surface area contributed by atoms with Crippen LogP contribution in [0.2, 0.25) is 0 Å². The molecule has 1 aromatic rings. The average Bonchev–Trinajstić information content (AvgIpc) is 2.70. The lowest BCUT2D eigenvalue weighted by Crippen LogP contribution is -2.50. The van der Waals surface area contributed by atoms with Gasteiger partial charge in [0.1, 0.15) is 5.69 Å². The number of aliphatic carboxylic acids is 1. The molecular weight excluding hydrogens is 274 g/mol. The van der Waals surface area contributed by atoms with Crippen LogP contribution in [-0.2, 0) is 16.6 Å². The van der Waals surface area contributed by atoms with Gasteiger partial charge in [0.2, 0.25) is 0 Å². The highest BCUT2D eigenvalue weighted by Gasteiger charge is 2.31. The molecule has 0 saturated carbocycles. The first-order valence-electron chi connectivity index (χ1n) is 6.75. The summed E-state index contributed by atoms with van der Waals surface area (Å²) in [4.78, 5) is 23.2. The number of aryl methyl sites for hydroxylation is 1. The number of ether oxygens (including phenoxy) is 1. The van der Waals surface area contributed by atoms with E-state index in [9.17, 15) is 9.59 Å². The molecule has 0 aliphatic heterocycles. The second kappa shape index (κ2) is 6.71. The van der Waals surface area contributed by atoms with Crippen LogP contribution in [0.15, 0.2) is 6.07 Å². The zero-order valence-electron chi connectivity index (χ0n) is 13.1. The molecule has 0 bridgehead atoms. The fraction of sp³-hybridized carbons (Fsp3) is 0.643. The molecule has 0 saturated heterocycles. The monoisotopic (exact) mass is 297 g/mol. The second-order valence-electron chi connectivity index (χ2n) is 5.75. The summed E-state index contributed by atoms with van der Waals surface area (Å²) >= 11 is 0. The van der Waals surface area contributed by atoms with E-state index in [1.165, 1.54) is 7.11 Å². The summed E-state index contributed by atoms with van der Waals surface area (Å²) in [7, 11) is 3.24. The molecule has 0 radical (unpaired) electrons. The molecule has 21 heavy (non-hydrogen) atoms. The van der Waals surface area contributed by atoms with Crippen LogP contribution in [0.5, 0.6) is 0 Å². The highest BCUT2D eigenvalue weighted by Crippen LogP contribution is 2.16. The number of carbonyl (C=O) groups is 2. The number of methoxy groups -OCH3 is 1. The van der Waals surface area contributed by atoms with Gasteiger partial charge in [0, 0.05) is 19.9 Å². The summed E-state index contributed by atoms with van der Waals surface area (Å²) in [6, 6.07) is 1.72. The Hall–Kier alpha value is -1.89. The SMILES string of the molecule is COCC(C)(CC(=O)O)NC(=O)c1cc(C(C)C)n(C)n1. The standard InChI is InChI=1S/C14H23N3O4/c1-9(2)11-6-10(16-17(11)4)13(20)15-14(3,8-21-5)7-12(18)19/h6,9H,7-8H2,1-5H3,(H,15,20)(H,18,19). The zero-order chi connectivity index (χ0) is 16.2. The number of amides is 1. The number of aromatic nitrogens is 2. The van der Waals surface area contributed by atoms with Gasteiger partial charge in [-0.05, 0) is 18.9 Å². The molecule has 1 unspecified atom stereocenters. The van der Waals surface area contributed by atoms with E-state index in [1.807, 2.05) is 13.8 Å². The molecule has 1 atom stereocenters. The molecule has 0 fully saturated rings. The minimum absolute atomic E-state index is 0.106. The van der Waals surface area contributed by atoms with Crippen LogP contribution in [0.1, 0.15) is 49.3 Å². The van der Waals surface area contributed by atoms with Gasteiger partial charge in [0.05, 0.1) is 18.6 Å². The fourth-order valence-corrected chi connectivity index (χ4v) is 2.25. The molecule has 0 aliphatic carbocycles. The molecule has 1 aromatic heterocycles. The summed E-state index contributed by atoms with van der Waals surface area (Å²) < 4.78 is 6.67. The van der Waals surface area contributed by atoms with Gasteiger partial charge in [-0.2, -0.15) is 5.10 Å². The molecule has 1 rings (SSSR count). The second-order valence-corrected chi connectivity index (χ2v) is 5.75. The van der Waals surface area contributed by atoms with E-state index in [4.69, 9.17) is 9.84 Å². The summed E-state index contributed by atoms with van der Waals surface area (Å²) in [6.07, 6.45) is -0.226. The number of carboxylic acid groups (broad SMARTS) is 1. The van der Waals surface area contributed by atoms with E-state index in [0.717, 1.165) is 5.69 Å². The van der Waals surface area contributed by atoms with Gasteiger partial charge in [0.25, 0.3) is 5.91 Å². The fourth-order valence-electron chi connectivity index (χ4n) is 2.25. The van der Waals surface area contributed by atoms with Gasteiger partial charge in [0.15, 0.2) is 0 Å². The lowest BCUT2D eigenvalue weighted by Gasteiger charge is -2.28. The Morgan fingerprint density at radius 1 is 1.52 bits per heavy atom. The highest BCUT2D eigenvalue weighted by atomic mass is 16.5. The van der Waals surface area contributed by atoms with Crippen molar-refractivity contribution in [2.45, 2.75) is 38.6 Å². The Labute approximate surface area is 124 Å². The van der Waals surface area contributed by atoms with Crippen molar-refractivity contribution in [3.8, 4) is 0 Å². The Morgan fingerprint density at radius 2 is 2.14 bits per heavy atom. The third-order valence-electron chi connectivity index (χ3n) is 3.16. The van der Waals surface area contributed by atoms with Crippen LogP contribution in [0.25, 0.3) is 0 Å². The number of hydrogen-bond donors (Lipinski definition) is 2. The molecule has 1 heterocycles. The molecule has 7 nitrogen and oxygen atoms in total. The highest BCUT2D eigenvalue weighted by molar-refractivity contribution is 5.93. The van der Waals surface area contributed by atoms with Crippen molar-refractivity contribution in [2.24, 2.45) is 7.05 Å². The average molecular weight is 297 g/mol. The van der Waals surface area contributed by atoms with Crippen LogP contribution in [0.3, 0.4) is 0 Å². The molecule has 0 spiro atoms. The molecule has 7 heteroatoms. The third kappa shape index (κ3) is 4.56. The Kier molecular flexibility index (Phi) is 5.48. The van der Waals surface area contributed by atoms with Crippen LogP contribution in [0.4, 0.5) is 0 Å². The third-order valence-corrected chi connectivity index (χ3v) is 3.16. The Balaban J connectivity index is 2.91. The number of rotatable bonds is 7. The van der Waals surface area contributed by atoms with E-state index >= 15 is 0 Å². The van der Waals surface area contributed by atoms with Crippen molar-refractivity contribution in [1.82, 2.24) is 15.1 Å². The van der Waals surface area contributed by atoms with E-state index in [0.29, 0.717) is 0 Å². The minimum atomic E-state index is -1.00.